The maximum absolute atomic E-state index is 13.3. The molecule has 1 amide bonds. The molecule has 0 aromatic heterocycles. The fourth-order valence-electron chi connectivity index (χ4n) is 4.28. The van der Waals surface area contributed by atoms with Gasteiger partial charge in [0, 0.05) is 19.2 Å². The van der Waals surface area contributed by atoms with E-state index in [2.05, 4.69) is 13.8 Å². The average Bonchev–Trinajstić information content (AvgIpc) is 3.14. The number of likely N-dealkylation sites (tertiary alicyclic amines) is 1. The Hall–Kier alpha value is -3.72. The van der Waals surface area contributed by atoms with Crippen LogP contribution >= 0.6 is 0 Å². The zero-order valence-corrected chi connectivity index (χ0v) is 22.4. The van der Waals surface area contributed by atoms with E-state index in [0.717, 1.165) is 5.56 Å². The van der Waals surface area contributed by atoms with Gasteiger partial charge in [-0.15, -0.1) is 0 Å². The van der Waals surface area contributed by atoms with Crippen LogP contribution in [0.4, 0.5) is 0 Å². The molecule has 1 atom stereocenters. The van der Waals surface area contributed by atoms with E-state index in [-0.39, 0.29) is 24.5 Å². The van der Waals surface area contributed by atoms with Crippen LogP contribution in [0.15, 0.2) is 35.9 Å². The van der Waals surface area contributed by atoms with Gasteiger partial charge < -0.3 is 33.7 Å². The molecule has 200 valence electrons. The number of ketones is 1. The molecule has 1 saturated heterocycles. The van der Waals surface area contributed by atoms with Crippen molar-refractivity contribution in [2.75, 3.05) is 48.2 Å². The molecular weight excluding hydrogens is 478 g/mol. The number of hydrogen-bond acceptors (Lipinski definition) is 8. The summed E-state index contributed by atoms with van der Waals surface area (Å²) in [6, 6.07) is 7.59. The lowest BCUT2D eigenvalue weighted by Gasteiger charge is -2.26. The van der Waals surface area contributed by atoms with E-state index in [1.807, 2.05) is 6.92 Å². The number of amides is 1. The van der Waals surface area contributed by atoms with Crippen molar-refractivity contribution >= 4 is 17.4 Å². The molecule has 1 N–H and O–H groups in total. The summed E-state index contributed by atoms with van der Waals surface area (Å²) in [5.41, 5.74) is 1.67. The third-order valence-electron chi connectivity index (χ3n) is 6.10. The second-order valence-electron chi connectivity index (χ2n) is 9.13. The van der Waals surface area contributed by atoms with Crippen LogP contribution in [0.2, 0.25) is 0 Å². The summed E-state index contributed by atoms with van der Waals surface area (Å²) in [4.78, 5) is 27.8. The van der Waals surface area contributed by atoms with Crippen molar-refractivity contribution < 1.29 is 38.4 Å². The van der Waals surface area contributed by atoms with Gasteiger partial charge in [-0.1, -0.05) is 13.8 Å². The van der Waals surface area contributed by atoms with Crippen LogP contribution in [0, 0.1) is 12.8 Å². The first-order chi connectivity index (χ1) is 17.7. The third-order valence-corrected chi connectivity index (χ3v) is 6.10. The van der Waals surface area contributed by atoms with Crippen molar-refractivity contribution in [2.24, 2.45) is 5.92 Å². The molecule has 0 radical (unpaired) electrons. The Balaban J connectivity index is 2.18. The SMILES string of the molecule is COCCN1C(=O)C(=O)C(=C(O)c2ccc(OCC(C)C)c(C)c2)C1c1cc(OC)c(OC)c(OC)c1. The van der Waals surface area contributed by atoms with Gasteiger partial charge in [-0.2, -0.15) is 0 Å². The fourth-order valence-corrected chi connectivity index (χ4v) is 4.28. The number of benzene rings is 2. The number of carbonyl (C=O) groups is 2. The van der Waals surface area contributed by atoms with Gasteiger partial charge in [0.2, 0.25) is 5.75 Å². The Labute approximate surface area is 217 Å². The highest BCUT2D eigenvalue weighted by Gasteiger charge is 2.46. The predicted molar refractivity (Wildman–Crippen MR) is 138 cm³/mol. The summed E-state index contributed by atoms with van der Waals surface area (Å²) >= 11 is 0. The summed E-state index contributed by atoms with van der Waals surface area (Å²) in [6.07, 6.45) is 0. The van der Waals surface area contributed by atoms with Gasteiger partial charge >= 0.3 is 0 Å². The molecule has 37 heavy (non-hydrogen) atoms. The summed E-state index contributed by atoms with van der Waals surface area (Å²) in [5, 5.41) is 11.4. The quantitative estimate of drug-likeness (QED) is 0.272. The molecule has 0 bridgehead atoms. The van der Waals surface area contributed by atoms with E-state index < -0.39 is 17.7 Å². The molecular formula is C28H35NO8. The minimum absolute atomic E-state index is 0.0365. The Morgan fingerprint density at radius 2 is 1.62 bits per heavy atom. The maximum atomic E-state index is 13.3. The van der Waals surface area contributed by atoms with Gasteiger partial charge in [-0.25, -0.2) is 0 Å². The first-order valence-corrected chi connectivity index (χ1v) is 12.0. The number of methoxy groups -OCH3 is 4. The van der Waals surface area contributed by atoms with Gasteiger partial charge in [0.15, 0.2) is 11.5 Å². The number of aliphatic hydroxyl groups excluding tert-OH is 1. The first-order valence-electron chi connectivity index (χ1n) is 12.0. The highest BCUT2D eigenvalue weighted by molar-refractivity contribution is 6.46. The second kappa shape index (κ2) is 12.0. The van der Waals surface area contributed by atoms with Crippen LogP contribution in [0.25, 0.3) is 5.76 Å². The number of carbonyl (C=O) groups excluding carboxylic acids is 2. The molecule has 9 heteroatoms. The third kappa shape index (κ3) is 5.67. The largest absolute Gasteiger partial charge is 0.507 e. The summed E-state index contributed by atoms with van der Waals surface area (Å²) in [5.74, 6) is 0.330. The molecule has 1 aliphatic rings. The van der Waals surface area contributed by atoms with E-state index in [1.165, 1.54) is 33.3 Å². The Morgan fingerprint density at radius 1 is 0.973 bits per heavy atom. The van der Waals surface area contributed by atoms with Crippen molar-refractivity contribution in [3.05, 3.63) is 52.6 Å². The van der Waals surface area contributed by atoms with Crippen molar-refractivity contribution in [3.63, 3.8) is 0 Å². The lowest BCUT2D eigenvalue weighted by molar-refractivity contribution is -0.140. The summed E-state index contributed by atoms with van der Waals surface area (Å²) in [6.45, 7) is 6.87. The van der Waals surface area contributed by atoms with Crippen molar-refractivity contribution in [1.82, 2.24) is 4.90 Å². The Kier molecular flexibility index (Phi) is 9.04. The van der Waals surface area contributed by atoms with E-state index >= 15 is 0 Å². The molecule has 2 aromatic rings. The van der Waals surface area contributed by atoms with Crippen LogP contribution < -0.4 is 18.9 Å². The van der Waals surface area contributed by atoms with Crippen molar-refractivity contribution in [3.8, 4) is 23.0 Å². The molecule has 1 fully saturated rings. The predicted octanol–water partition coefficient (Wildman–Crippen LogP) is 4.12. The van der Waals surface area contributed by atoms with Crippen molar-refractivity contribution in [1.29, 1.82) is 0 Å². The van der Waals surface area contributed by atoms with Gasteiger partial charge in [0.25, 0.3) is 11.7 Å². The standard InChI is InChI=1S/C28H35NO8/c1-16(2)15-37-20-9-8-18(12-17(20)3)25(30)23-24(29(10-11-33-4)28(32)26(23)31)19-13-21(34-5)27(36-7)22(14-19)35-6/h8-9,12-14,16,24,30H,10-11,15H2,1-7H3. The van der Waals surface area contributed by atoms with E-state index in [1.54, 1.807) is 30.3 Å². The molecule has 1 heterocycles. The number of nitrogens with zero attached hydrogens (tertiary/aromatic N) is 1. The van der Waals surface area contributed by atoms with Crippen molar-refractivity contribution in [2.45, 2.75) is 26.8 Å². The number of Topliss-reactive ketones (excluding diaryl/α,β-unsaturated/α-hetero) is 1. The molecule has 2 aromatic carbocycles. The van der Waals surface area contributed by atoms with Gasteiger partial charge in [-0.05, 0) is 54.3 Å². The maximum Gasteiger partial charge on any atom is 0.295 e. The van der Waals surface area contributed by atoms with Crippen LogP contribution in [-0.4, -0.2) is 69.9 Å². The molecule has 0 spiro atoms. The monoisotopic (exact) mass is 513 g/mol. The number of ether oxygens (including phenoxy) is 5. The normalized spacial score (nSPS) is 16.9. The van der Waals surface area contributed by atoms with E-state index in [4.69, 9.17) is 23.7 Å². The van der Waals surface area contributed by atoms with E-state index in [9.17, 15) is 14.7 Å². The van der Waals surface area contributed by atoms with Gasteiger partial charge in [-0.3, -0.25) is 9.59 Å². The topological polar surface area (TPSA) is 104 Å². The highest BCUT2D eigenvalue weighted by Crippen LogP contribution is 2.45. The lowest BCUT2D eigenvalue weighted by atomic mass is 9.94. The molecule has 1 unspecified atom stereocenters. The van der Waals surface area contributed by atoms with Gasteiger partial charge in [0.05, 0.1) is 46.2 Å². The van der Waals surface area contributed by atoms with Crippen LogP contribution in [0.3, 0.4) is 0 Å². The second-order valence-corrected chi connectivity index (χ2v) is 9.13. The zero-order chi connectivity index (χ0) is 27.3. The first kappa shape index (κ1) is 27.9. The molecule has 0 saturated carbocycles. The number of rotatable bonds is 11. The van der Waals surface area contributed by atoms with Crippen LogP contribution in [0.5, 0.6) is 23.0 Å². The molecule has 0 aliphatic carbocycles. The van der Waals surface area contributed by atoms with Crippen LogP contribution in [-0.2, 0) is 14.3 Å². The number of aryl methyl sites for hydroxylation is 1. The fraction of sp³-hybridized carbons (Fsp3) is 0.429. The highest BCUT2D eigenvalue weighted by atomic mass is 16.5. The minimum atomic E-state index is -0.902. The summed E-state index contributed by atoms with van der Waals surface area (Å²) < 4.78 is 27.4. The Morgan fingerprint density at radius 3 is 2.14 bits per heavy atom. The zero-order valence-electron chi connectivity index (χ0n) is 22.4. The number of aliphatic hydroxyl groups is 1. The van der Waals surface area contributed by atoms with Gasteiger partial charge in [0.1, 0.15) is 11.5 Å². The Bertz CT molecular complexity index is 1160. The number of hydrogen-bond donors (Lipinski definition) is 1. The molecule has 9 nitrogen and oxygen atoms in total. The molecule has 1 aliphatic heterocycles. The molecule has 3 rings (SSSR count). The minimum Gasteiger partial charge on any atom is -0.507 e. The lowest BCUT2D eigenvalue weighted by Crippen LogP contribution is -2.32. The summed E-state index contributed by atoms with van der Waals surface area (Å²) in [7, 11) is 5.96. The van der Waals surface area contributed by atoms with E-state index in [0.29, 0.717) is 46.6 Å². The average molecular weight is 514 g/mol. The van der Waals surface area contributed by atoms with Crippen LogP contribution in [0.1, 0.15) is 36.6 Å². The smallest absolute Gasteiger partial charge is 0.295 e.